The van der Waals surface area contributed by atoms with Crippen LogP contribution in [-0.2, 0) is 10.8 Å². The molecule has 0 N–H and O–H groups in total. The zero-order chi connectivity index (χ0) is 43.7. The highest BCUT2D eigenvalue weighted by atomic mass is 32.1. The lowest BCUT2D eigenvalue weighted by atomic mass is 9.67. The van der Waals surface area contributed by atoms with E-state index in [1.165, 1.54) is 88.0 Å². The van der Waals surface area contributed by atoms with Crippen molar-refractivity contribution in [2.24, 2.45) is 0 Å². The zero-order valence-electron chi connectivity index (χ0n) is 36.2. The molecule has 0 radical (unpaired) electrons. The Balaban J connectivity index is 1.06. The van der Waals surface area contributed by atoms with E-state index in [0.717, 1.165) is 17.1 Å². The second-order valence-electron chi connectivity index (χ2n) is 17.5. The standard InChI is InChI=1S/C64H43NS/c1-5-18-45(19-6-1)63(46-20-7-2-8-21-46)59-30-16-14-27-54(59)57-42-50(37-39-60(57)63)65(49-34-32-44(33-35-49)52-28-17-31-62-56(52)40-41-66-62)51-36-38-55-53-26-13-15-29-58(53)64(61(55)43-51,47-22-9-3-10-23-47)48-24-11-4-12-25-48/h1-43H. The Kier molecular flexibility index (Phi) is 8.91. The summed E-state index contributed by atoms with van der Waals surface area (Å²) in [4.78, 5) is 2.48. The van der Waals surface area contributed by atoms with E-state index in [1.54, 1.807) is 11.3 Å². The van der Waals surface area contributed by atoms with E-state index in [1.807, 2.05) is 0 Å². The molecule has 0 spiro atoms. The minimum absolute atomic E-state index is 0.480. The Bertz CT molecular complexity index is 3490. The van der Waals surface area contributed by atoms with Crippen molar-refractivity contribution in [3.63, 3.8) is 0 Å². The van der Waals surface area contributed by atoms with Crippen LogP contribution in [0.15, 0.2) is 260 Å². The predicted molar refractivity (Wildman–Crippen MR) is 277 cm³/mol. The van der Waals surface area contributed by atoms with Crippen LogP contribution in [0.4, 0.5) is 17.1 Å². The van der Waals surface area contributed by atoms with Crippen molar-refractivity contribution in [1.82, 2.24) is 0 Å². The van der Waals surface area contributed by atoms with Gasteiger partial charge in [0.1, 0.15) is 0 Å². The topological polar surface area (TPSA) is 3.24 Å². The lowest BCUT2D eigenvalue weighted by molar-refractivity contribution is 0.768. The summed E-state index contributed by atoms with van der Waals surface area (Å²) >= 11 is 1.79. The molecular weight excluding hydrogens is 815 g/mol. The maximum Gasteiger partial charge on any atom is 0.0714 e. The normalized spacial score (nSPS) is 13.7. The van der Waals surface area contributed by atoms with Crippen LogP contribution in [0, 0.1) is 0 Å². The van der Waals surface area contributed by atoms with Crippen molar-refractivity contribution >= 4 is 38.5 Å². The van der Waals surface area contributed by atoms with Crippen molar-refractivity contribution < 1.29 is 0 Å². The average Bonchev–Trinajstić information content (AvgIpc) is 4.08. The molecule has 0 amide bonds. The maximum absolute atomic E-state index is 2.48. The van der Waals surface area contributed by atoms with Crippen LogP contribution in [0.3, 0.4) is 0 Å². The predicted octanol–water partition coefficient (Wildman–Crippen LogP) is 16.8. The molecule has 0 unspecified atom stereocenters. The highest BCUT2D eigenvalue weighted by molar-refractivity contribution is 7.17. The lowest BCUT2D eigenvalue weighted by Gasteiger charge is -2.35. The van der Waals surface area contributed by atoms with Gasteiger partial charge in [-0.2, -0.15) is 0 Å². The van der Waals surface area contributed by atoms with Crippen molar-refractivity contribution in [3.05, 3.63) is 305 Å². The summed E-state index contributed by atoms with van der Waals surface area (Å²) in [5.41, 5.74) is 20.0. The SMILES string of the molecule is c1ccc(C2(c3ccccc3)c3ccccc3-c3cc(N(c4ccc(-c5cccc6sccc56)cc4)c4ccc5c(c4)C(c4ccccc4)(c4ccccc4)c4ccccc4-5)ccc32)cc1. The maximum atomic E-state index is 2.48. The van der Waals surface area contributed by atoms with Gasteiger partial charge in [0.25, 0.3) is 0 Å². The zero-order valence-corrected chi connectivity index (χ0v) is 37.0. The molecule has 0 atom stereocenters. The van der Waals surface area contributed by atoms with Crippen LogP contribution < -0.4 is 4.90 Å². The molecule has 0 fully saturated rings. The third kappa shape index (κ3) is 5.59. The van der Waals surface area contributed by atoms with Crippen LogP contribution in [0.2, 0.25) is 0 Å². The van der Waals surface area contributed by atoms with E-state index in [9.17, 15) is 0 Å². The van der Waals surface area contributed by atoms with Gasteiger partial charge in [-0.15, -0.1) is 11.3 Å². The molecule has 10 aromatic carbocycles. The van der Waals surface area contributed by atoms with Gasteiger partial charge in [-0.25, -0.2) is 0 Å². The molecule has 2 aliphatic carbocycles. The molecule has 0 saturated heterocycles. The summed E-state index contributed by atoms with van der Waals surface area (Å²) in [7, 11) is 0. The van der Waals surface area contributed by atoms with Crippen molar-refractivity contribution in [2.45, 2.75) is 10.8 Å². The molecule has 66 heavy (non-hydrogen) atoms. The van der Waals surface area contributed by atoms with E-state index in [0.29, 0.717) is 0 Å². The average molecular weight is 858 g/mol. The highest BCUT2D eigenvalue weighted by Crippen LogP contribution is 2.59. The fourth-order valence-electron chi connectivity index (χ4n) is 11.6. The van der Waals surface area contributed by atoms with Crippen LogP contribution in [0.25, 0.3) is 43.5 Å². The van der Waals surface area contributed by atoms with Crippen LogP contribution in [0.5, 0.6) is 0 Å². The second-order valence-corrected chi connectivity index (χ2v) is 18.5. The fraction of sp³-hybridized carbons (Fsp3) is 0.0312. The Morgan fingerprint density at radius 3 is 1.32 bits per heavy atom. The number of anilines is 3. The minimum Gasteiger partial charge on any atom is -0.310 e. The van der Waals surface area contributed by atoms with E-state index in [2.05, 4.69) is 265 Å². The Labute approximate surface area is 390 Å². The number of nitrogens with zero attached hydrogens (tertiary/aromatic N) is 1. The first-order valence-corrected chi connectivity index (χ1v) is 23.7. The first-order valence-electron chi connectivity index (χ1n) is 22.8. The third-order valence-corrected chi connectivity index (χ3v) is 15.2. The Morgan fingerprint density at radius 1 is 0.288 bits per heavy atom. The summed E-state index contributed by atoms with van der Waals surface area (Å²) in [5, 5.41) is 3.48. The molecule has 2 heteroatoms. The molecular formula is C64H43NS. The monoisotopic (exact) mass is 857 g/mol. The molecule has 0 saturated carbocycles. The van der Waals surface area contributed by atoms with E-state index < -0.39 is 10.8 Å². The Morgan fingerprint density at radius 2 is 0.727 bits per heavy atom. The van der Waals surface area contributed by atoms with Gasteiger partial charge in [-0.05, 0) is 132 Å². The van der Waals surface area contributed by atoms with Gasteiger partial charge in [0.2, 0.25) is 0 Å². The number of fused-ring (bicyclic) bond motifs is 7. The fourth-order valence-corrected chi connectivity index (χ4v) is 12.4. The summed E-state index contributed by atoms with van der Waals surface area (Å²) in [5.74, 6) is 0. The van der Waals surface area contributed by atoms with Crippen molar-refractivity contribution in [2.75, 3.05) is 4.90 Å². The lowest BCUT2D eigenvalue weighted by Crippen LogP contribution is -2.28. The van der Waals surface area contributed by atoms with Gasteiger partial charge in [-0.3, -0.25) is 0 Å². The number of hydrogen-bond acceptors (Lipinski definition) is 2. The summed E-state index contributed by atoms with van der Waals surface area (Å²) < 4.78 is 1.30. The van der Waals surface area contributed by atoms with Crippen LogP contribution in [-0.4, -0.2) is 0 Å². The molecule has 13 rings (SSSR count). The van der Waals surface area contributed by atoms with Gasteiger partial charge in [0.15, 0.2) is 0 Å². The third-order valence-electron chi connectivity index (χ3n) is 14.3. The summed E-state index contributed by atoms with van der Waals surface area (Å²) in [6, 6.07) is 94.9. The molecule has 0 aliphatic heterocycles. The van der Waals surface area contributed by atoms with Crippen molar-refractivity contribution in [1.29, 1.82) is 0 Å². The molecule has 0 bridgehead atoms. The van der Waals surface area contributed by atoms with Gasteiger partial charge in [-0.1, -0.05) is 206 Å². The first-order chi connectivity index (χ1) is 32.7. The largest absolute Gasteiger partial charge is 0.310 e. The number of hydrogen-bond donors (Lipinski definition) is 0. The summed E-state index contributed by atoms with van der Waals surface area (Å²) in [6.07, 6.45) is 0. The summed E-state index contributed by atoms with van der Waals surface area (Å²) in [6.45, 7) is 0. The quantitative estimate of drug-likeness (QED) is 0.147. The number of thiophene rings is 1. The minimum atomic E-state index is -0.527. The number of rotatable bonds is 8. The van der Waals surface area contributed by atoms with E-state index in [4.69, 9.17) is 0 Å². The van der Waals surface area contributed by atoms with E-state index in [-0.39, 0.29) is 0 Å². The molecule has 1 heterocycles. The van der Waals surface area contributed by atoms with Gasteiger partial charge >= 0.3 is 0 Å². The van der Waals surface area contributed by atoms with Crippen LogP contribution >= 0.6 is 11.3 Å². The van der Waals surface area contributed by atoms with Gasteiger partial charge < -0.3 is 4.90 Å². The van der Waals surface area contributed by atoms with Crippen molar-refractivity contribution in [3.8, 4) is 33.4 Å². The highest BCUT2D eigenvalue weighted by Gasteiger charge is 2.48. The molecule has 2 aliphatic rings. The van der Waals surface area contributed by atoms with E-state index >= 15 is 0 Å². The second kappa shape index (κ2) is 15.3. The molecule has 1 aromatic heterocycles. The molecule has 1 nitrogen and oxygen atoms in total. The molecule has 11 aromatic rings. The first kappa shape index (κ1) is 38.4. The molecule has 310 valence electrons. The Hall–Kier alpha value is -8.04. The number of benzene rings is 10. The van der Waals surface area contributed by atoms with Gasteiger partial charge in [0, 0.05) is 27.1 Å². The smallest absolute Gasteiger partial charge is 0.0714 e. The van der Waals surface area contributed by atoms with Crippen LogP contribution in [0.1, 0.15) is 44.5 Å². The van der Waals surface area contributed by atoms with Gasteiger partial charge in [0.05, 0.1) is 10.8 Å².